The van der Waals surface area contributed by atoms with Crippen molar-refractivity contribution in [3.8, 4) is 5.95 Å². The number of nitrogens with two attached hydrogens (primary N) is 1. The molecule has 4 aromatic rings. The van der Waals surface area contributed by atoms with Crippen LogP contribution in [0.3, 0.4) is 0 Å². The zero-order valence-electron chi connectivity index (χ0n) is 15.8. The van der Waals surface area contributed by atoms with E-state index in [-0.39, 0.29) is 11.5 Å². The third kappa shape index (κ3) is 3.68. The molecule has 0 atom stereocenters. The Morgan fingerprint density at radius 1 is 1.10 bits per heavy atom. The minimum absolute atomic E-state index is 0.200. The molecule has 2 heterocycles. The topological polar surface area (TPSA) is 103 Å². The van der Waals surface area contributed by atoms with Crippen LogP contribution in [0, 0.1) is 5.82 Å². The third-order valence-corrected chi connectivity index (χ3v) is 6.67. The molecule has 0 fully saturated rings. The van der Waals surface area contributed by atoms with Crippen molar-refractivity contribution in [2.75, 3.05) is 7.05 Å². The first-order valence-corrected chi connectivity index (χ1v) is 10.6. The normalized spacial score (nSPS) is 10.9. The molecule has 0 radical (unpaired) electrons. The molecule has 0 unspecified atom stereocenters. The van der Waals surface area contributed by atoms with E-state index in [1.807, 2.05) is 16.7 Å². The Kier molecular flexibility index (Phi) is 5.31. The second-order valence-corrected chi connectivity index (χ2v) is 8.55. The molecule has 0 aliphatic carbocycles. The average molecular weight is 468 g/mol. The van der Waals surface area contributed by atoms with Gasteiger partial charge in [-0.2, -0.15) is 0 Å². The van der Waals surface area contributed by atoms with Crippen LogP contribution in [0.2, 0.25) is 0 Å². The first-order valence-electron chi connectivity index (χ1n) is 8.90. The standard InChI is InChI=1S/C21H16FN5O2Se/c1-24-20(29)12-3-6-16-13(9-12)10-18(27(16)21-25-7-2-8-26-21)30-17-11-14(22)4-5-15(17)19(23)28/h2-11H,1H3,(H2,23,28)(H,24,29). The van der Waals surface area contributed by atoms with Gasteiger partial charge >= 0.3 is 177 Å². The minimum atomic E-state index is -0.618. The van der Waals surface area contributed by atoms with Crippen molar-refractivity contribution in [2.45, 2.75) is 0 Å². The second-order valence-electron chi connectivity index (χ2n) is 6.33. The van der Waals surface area contributed by atoms with Crippen LogP contribution in [-0.2, 0) is 0 Å². The van der Waals surface area contributed by atoms with Crippen LogP contribution in [0.5, 0.6) is 0 Å². The van der Waals surface area contributed by atoms with Gasteiger partial charge in [0.15, 0.2) is 0 Å². The quantitative estimate of drug-likeness (QED) is 0.421. The molecule has 0 bridgehead atoms. The van der Waals surface area contributed by atoms with Gasteiger partial charge in [0.25, 0.3) is 0 Å². The Morgan fingerprint density at radius 3 is 2.57 bits per heavy atom. The Labute approximate surface area is 177 Å². The zero-order chi connectivity index (χ0) is 21.3. The number of amides is 2. The Hall–Kier alpha value is -3.55. The van der Waals surface area contributed by atoms with E-state index in [1.54, 1.807) is 37.6 Å². The van der Waals surface area contributed by atoms with E-state index >= 15 is 0 Å². The number of nitrogens with zero attached hydrogens (tertiary/aromatic N) is 3. The summed E-state index contributed by atoms with van der Waals surface area (Å²) in [6, 6.07) is 12.8. The molecule has 150 valence electrons. The molecule has 4 rings (SSSR count). The van der Waals surface area contributed by atoms with Crippen molar-refractivity contribution in [1.29, 1.82) is 0 Å². The van der Waals surface area contributed by atoms with Gasteiger partial charge in [0, 0.05) is 0 Å². The van der Waals surface area contributed by atoms with Crippen LogP contribution in [0.1, 0.15) is 20.7 Å². The predicted molar refractivity (Wildman–Crippen MR) is 112 cm³/mol. The summed E-state index contributed by atoms with van der Waals surface area (Å²) >= 11 is -0.488. The molecular formula is C21H16FN5O2Se. The maximum atomic E-state index is 13.9. The molecule has 0 aliphatic heterocycles. The van der Waals surface area contributed by atoms with Crippen molar-refractivity contribution in [3.05, 3.63) is 77.9 Å². The number of primary amides is 1. The molecule has 30 heavy (non-hydrogen) atoms. The Balaban J connectivity index is 1.92. The molecule has 0 aliphatic rings. The fourth-order valence-corrected chi connectivity index (χ4v) is 5.44. The Bertz CT molecular complexity index is 1270. The van der Waals surface area contributed by atoms with E-state index in [2.05, 4.69) is 15.3 Å². The van der Waals surface area contributed by atoms with Gasteiger partial charge in [-0.05, 0) is 0 Å². The van der Waals surface area contributed by atoms with Crippen LogP contribution in [0.15, 0.2) is 60.9 Å². The summed E-state index contributed by atoms with van der Waals surface area (Å²) in [4.78, 5) is 32.6. The third-order valence-electron chi connectivity index (χ3n) is 4.43. The van der Waals surface area contributed by atoms with Crippen molar-refractivity contribution < 1.29 is 14.0 Å². The van der Waals surface area contributed by atoms with E-state index in [0.717, 1.165) is 15.5 Å². The monoisotopic (exact) mass is 469 g/mol. The molecule has 7 nitrogen and oxygen atoms in total. The van der Waals surface area contributed by atoms with E-state index in [4.69, 9.17) is 5.73 Å². The van der Waals surface area contributed by atoms with Crippen LogP contribution in [-0.4, -0.2) is 48.4 Å². The van der Waals surface area contributed by atoms with E-state index in [0.29, 0.717) is 16.0 Å². The molecule has 2 aromatic carbocycles. The predicted octanol–water partition coefficient (Wildman–Crippen LogP) is 0.673. The van der Waals surface area contributed by atoms with Gasteiger partial charge in [0.1, 0.15) is 0 Å². The number of aromatic nitrogens is 3. The average Bonchev–Trinajstić information content (AvgIpc) is 3.10. The van der Waals surface area contributed by atoms with Gasteiger partial charge in [-0.1, -0.05) is 0 Å². The van der Waals surface area contributed by atoms with E-state index in [9.17, 15) is 14.0 Å². The van der Waals surface area contributed by atoms with Crippen LogP contribution in [0.4, 0.5) is 4.39 Å². The molecule has 0 saturated carbocycles. The second kappa shape index (κ2) is 8.06. The molecule has 9 heteroatoms. The van der Waals surface area contributed by atoms with Gasteiger partial charge in [0.2, 0.25) is 0 Å². The van der Waals surface area contributed by atoms with Crippen molar-refractivity contribution in [3.63, 3.8) is 0 Å². The summed E-state index contributed by atoms with van der Waals surface area (Å²) in [5.41, 5.74) is 7.06. The SMILES string of the molecule is CNC(=O)c1ccc2c(c1)cc([Se]c1cc(F)ccc1C(N)=O)n2-c1ncccn1. The molecule has 2 amide bonds. The number of hydrogen-bond donors (Lipinski definition) is 2. The summed E-state index contributed by atoms with van der Waals surface area (Å²) < 4.78 is 17.0. The number of carbonyl (C=O) groups is 2. The molecular weight excluding hydrogens is 452 g/mol. The molecule has 0 spiro atoms. The van der Waals surface area contributed by atoms with Crippen LogP contribution in [0.25, 0.3) is 16.9 Å². The van der Waals surface area contributed by atoms with Gasteiger partial charge in [-0.25, -0.2) is 0 Å². The van der Waals surface area contributed by atoms with Gasteiger partial charge < -0.3 is 0 Å². The van der Waals surface area contributed by atoms with Crippen LogP contribution >= 0.6 is 0 Å². The molecule has 0 saturated heterocycles. The summed E-state index contributed by atoms with van der Waals surface area (Å²) in [5, 5.41) is 3.41. The molecule has 2 aromatic heterocycles. The van der Waals surface area contributed by atoms with Crippen LogP contribution < -0.4 is 20.1 Å². The van der Waals surface area contributed by atoms with Crippen molar-refractivity contribution >= 4 is 46.7 Å². The molecule has 3 N–H and O–H groups in total. The number of carbonyl (C=O) groups excluding carboxylic acids is 2. The van der Waals surface area contributed by atoms with Crippen molar-refractivity contribution in [2.24, 2.45) is 5.73 Å². The number of fused-ring (bicyclic) bond motifs is 1. The number of halogens is 1. The number of nitrogens with one attached hydrogen (secondary N) is 1. The first-order chi connectivity index (χ1) is 14.5. The van der Waals surface area contributed by atoms with E-state index < -0.39 is 26.7 Å². The maximum absolute atomic E-state index is 13.9. The zero-order valence-corrected chi connectivity index (χ0v) is 17.5. The van der Waals surface area contributed by atoms with Crippen molar-refractivity contribution in [1.82, 2.24) is 19.9 Å². The summed E-state index contributed by atoms with van der Waals surface area (Å²) in [7, 11) is 1.57. The fourth-order valence-electron chi connectivity index (χ4n) is 3.06. The number of hydrogen-bond acceptors (Lipinski definition) is 4. The van der Waals surface area contributed by atoms with Gasteiger partial charge in [-0.3, -0.25) is 0 Å². The summed E-state index contributed by atoms with van der Waals surface area (Å²) in [6.45, 7) is 0. The van der Waals surface area contributed by atoms with Gasteiger partial charge in [0.05, 0.1) is 0 Å². The summed E-state index contributed by atoms with van der Waals surface area (Å²) in [5.74, 6) is -0.826. The number of benzene rings is 2. The summed E-state index contributed by atoms with van der Waals surface area (Å²) in [6.07, 6.45) is 3.25. The fraction of sp³-hybridized carbons (Fsp3) is 0.0476. The number of rotatable bonds is 5. The Morgan fingerprint density at radius 2 is 1.87 bits per heavy atom. The van der Waals surface area contributed by atoms with E-state index in [1.165, 1.54) is 18.2 Å². The van der Waals surface area contributed by atoms with Gasteiger partial charge in [-0.15, -0.1) is 0 Å². The first kappa shape index (κ1) is 19.8.